The third kappa shape index (κ3) is 6.65. The van der Waals surface area contributed by atoms with Gasteiger partial charge in [0, 0.05) is 17.4 Å². The molecule has 0 aliphatic carbocycles. The molecule has 1 rings (SSSR count). The molecule has 5 heteroatoms. The molecule has 0 aliphatic rings. The minimum absolute atomic E-state index is 0.238. The molecule has 1 N–H and O–H groups in total. The fourth-order valence-electron chi connectivity index (χ4n) is 2.18. The summed E-state index contributed by atoms with van der Waals surface area (Å²) in [5.41, 5.74) is 2.91. The minimum atomic E-state index is -0.324. The molecule has 1 aromatic carbocycles. The van der Waals surface area contributed by atoms with Crippen molar-refractivity contribution in [1.29, 1.82) is 0 Å². The van der Waals surface area contributed by atoms with Crippen LogP contribution in [0.3, 0.4) is 0 Å². The van der Waals surface area contributed by atoms with Gasteiger partial charge < -0.3 is 10.1 Å². The fourth-order valence-corrected chi connectivity index (χ4v) is 2.53. The van der Waals surface area contributed by atoms with E-state index in [0.717, 1.165) is 23.2 Å². The third-order valence-corrected chi connectivity index (χ3v) is 4.75. The second kappa shape index (κ2) is 9.60. The number of hydrogen-bond donors (Lipinski definition) is 1. The first kappa shape index (κ1) is 19.6. The maximum atomic E-state index is 12.0. The number of amides is 1. The van der Waals surface area contributed by atoms with Crippen molar-refractivity contribution in [3.63, 3.8) is 0 Å². The number of carbonyl (C=O) groups excluding carboxylic acids is 2. The summed E-state index contributed by atoms with van der Waals surface area (Å²) in [5, 5.41) is 3.29. The maximum absolute atomic E-state index is 12.0. The van der Waals surface area contributed by atoms with E-state index in [9.17, 15) is 9.59 Å². The predicted octanol–water partition coefficient (Wildman–Crippen LogP) is 4.13. The molecule has 0 saturated heterocycles. The first-order valence-electron chi connectivity index (χ1n) is 7.93. The van der Waals surface area contributed by atoms with Crippen LogP contribution in [0.4, 0.5) is 5.69 Å². The number of benzene rings is 1. The van der Waals surface area contributed by atoms with Crippen LogP contribution in [0.2, 0.25) is 0 Å². The monoisotopic (exact) mass is 337 g/mol. The number of anilines is 1. The normalized spacial score (nSPS) is 12.1. The SMILES string of the molecule is CSC(C)CCC(=O)OCC(=O)Nc1c(C)cccc1C(C)C. The highest BCUT2D eigenvalue weighted by Gasteiger charge is 2.14. The van der Waals surface area contributed by atoms with E-state index in [-0.39, 0.29) is 18.5 Å². The third-order valence-electron chi connectivity index (χ3n) is 3.71. The molecular formula is C18H27NO3S. The number of esters is 1. The van der Waals surface area contributed by atoms with Crippen molar-refractivity contribution >= 4 is 29.3 Å². The van der Waals surface area contributed by atoms with E-state index in [4.69, 9.17) is 4.74 Å². The molecule has 23 heavy (non-hydrogen) atoms. The summed E-state index contributed by atoms with van der Waals surface area (Å²) in [6, 6.07) is 5.94. The molecule has 1 unspecified atom stereocenters. The van der Waals surface area contributed by atoms with Crippen LogP contribution >= 0.6 is 11.8 Å². The summed E-state index contributed by atoms with van der Waals surface area (Å²) in [5.74, 6) is -0.317. The lowest BCUT2D eigenvalue weighted by atomic mass is 9.98. The Morgan fingerprint density at radius 2 is 1.96 bits per heavy atom. The number of thioether (sulfide) groups is 1. The van der Waals surface area contributed by atoms with Crippen molar-refractivity contribution in [3.8, 4) is 0 Å². The number of ether oxygens (including phenoxy) is 1. The molecule has 0 aromatic heterocycles. The lowest BCUT2D eigenvalue weighted by molar-refractivity contribution is -0.147. The summed E-state index contributed by atoms with van der Waals surface area (Å²) in [6.45, 7) is 7.95. The predicted molar refractivity (Wildman–Crippen MR) is 97.1 cm³/mol. The Morgan fingerprint density at radius 3 is 2.57 bits per heavy atom. The number of hydrogen-bond acceptors (Lipinski definition) is 4. The van der Waals surface area contributed by atoms with Crippen LogP contribution in [-0.2, 0) is 14.3 Å². The first-order chi connectivity index (χ1) is 10.8. The zero-order valence-electron chi connectivity index (χ0n) is 14.6. The lowest BCUT2D eigenvalue weighted by Crippen LogP contribution is -2.22. The summed E-state index contributed by atoms with van der Waals surface area (Å²) < 4.78 is 5.05. The molecule has 0 spiro atoms. The Bertz CT molecular complexity index is 543. The Labute approximate surface area is 143 Å². The summed E-state index contributed by atoms with van der Waals surface area (Å²) in [4.78, 5) is 23.7. The van der Waals surface area contributed by atoms with E-state index in [1.807, 2.05) is 31.4 Å². The number of carbonyl (C=O) groups is 2. The van der Waals surface area contributed by atoms with Crippen molar-refractivity contribution in [2.24, 2.45) is 0 Å². The number of aryl methyl sites for hydroxylation is 1. The Morgan fingerprint density at radius 1 is 1.26 bits per heavy atom. The van der Waals surface area contributed by atoms with Gasteiger partial charge in [-0.3, -0.25) is 9.59 Å². The Hall–Kier alpha value is -1.49. The van der Waals surface area contributed by atoms with Crippen LogP contribution in [0, 0.1) is 6.92 Å². The molecule has 128 valence electrons. The van der Waals surface area contributed by atoms with E-state index in [1.54, 1.807) is 11.8 Å². The van der Waals surface area contributed by atoms with Crippen LogP contribution in [0.1, 0.15) is 50.7 Å². The largest absolute Gasteiger partial charge is 0.456 e. The Kier molecular flexibility index (Phi) is 8.17. The molecule has 0 aliphatic heterocycles. The second-order valence-electron chi connectivity index (χ2n) is 5.99. The molecule has 0 radical (unpaired) electrons. The number of para-hydroxylation sites is 1. The summed E-state index contributed by atoms with van der Waals surface area (Å²) >= 11 is 1.71. The fraction of sp³-hybridized carbons (Fsp3) is 0.556. The second-order valence-corrected chi connectivity index (χ2v) is 7.26. The molecule has 0 fully saturated rings. The van der Waals surface area contributed by atoms with Crippen LogP contribution in [0.5, 0.6) is 0 Å². The van der Waals surface area contributed by atoms with E-state index in [2.05, 4.69) is 26.1 Å². The van der Waals surface area contributed by atoms with Gasteiger partial charge in [0.15, 0.2) is 6.61 Å². The first-order valence-corrected chi connectivity index (χ1v) is 9.21. The highest BCUT2D eigenvalue weighted by Crippen LogP contribution is 2.27. The molecule has 1 aromatic rings. The zero-order chi connectivity index (χ0) is 17.4. The van der Waals surface area contributed by atoms with Gasteiger partial charge in [-0.05, 0) is 36.6 Å². The van der Waals surface area contributed by atoms with Crippen molar-refractivity contribution in [3.05, 3.63) is 29.3 Å². The molecule has 1 amide bonds. The van der Waals surface area contributed by atoms with Gasteiger partial charge in [0.2, 0.25) is 0 Å². The molecule has 1 atom stereocenters. The van der Waals surface area contributed by atoms with E-state index >= 15 is 0 Å². The standard InChI is InChI=1S/C18H27NO3S/c1-12(2)15-8-6-7-13(3)18(15)19-16(20)11-22-17(21)10-9-14(4)23-5/h6-8,12,14H,9-11H2,1-5H3,(H,19,20). The quantitative estimate of drug-likeness (QED) is 0.725. The molecular weight excluding hydrogens is 310 g/mol. The molecule has 0 heterocycles. The van der Waals surface area contributed by atoms with Crippen molar-refractivity contribution < 1.29 is 14.3 Å². The Balaban J connectivity index is 2.53. The van der Waals surface area contributed by atoms with E-state index in [0.29, 0.717) is 17.6 Å². The molecule has 4 nitrogen and oxygen atoms in total. The van der Waals surface area contributed by atoms with E-state index < -0.39 is 0 Å². The topological polar surface area (TPSA) is 55.4 Å². The molecule has 0 saturated carbocycles. The van der Waals surface area contributed by atoms with Gasteiger partial charge in [-0.1, -0.05) is 39.0 Å². The highest BCUT2D eigenvalue weighted by atomic mass is 32.2. The lowest BCUT2D eigenvalue weighted by Gasteiger charge is -2.16. The number of nitrogens with one attached hydrogen (secondary N) is 1. The summed E-state index contributed by atoms with van der Waals surface area (Å²) in [6.07, 6.45) is 3.12. The zero-order valence-corrected chi connectivity index (χ0v) is 15.5. The maximum Gasteiger partial charge on any atom is 0.306 e. The van der Waals surface area contributed by atoms with Crippen molar-refractivity contribution in [2.75, 3.05) is 18.2 Å². The minimum Gasteiger partial charge on any atom is -0.456 e. The average molecular weight is 337 g/mol. The van der Waals surface area contributed by atoms with Gasteiger partial charge >= 0.3 is 5.97 Å². The van der Waals surface area contributed by atoms with Gasteiger partial charge in [-0.15, -0.1) is 0 Å². The molecule has 0 bridgehead atoms. The number of rotatable bonds is 8. The van der Waals surface area contributed by atoms with Gasteiger partial charge in [0.05, 0.1) is 0 Å². The van der Waals surface area contributed by atoms with Crippen molar-refractivity contribution in [1.82, 2.24) is 0 Å². The van der Waals surface area contributed by atoms with E-state index in [1.165, 1.54) is 0 Å². The highest BCUT2D eigenvalue weighted by molar-refractivity contribution is 7.99. The van der Waals surface area contributed by atoms with Gasteiger partial charge in [-0.25, -0.2) is 0 Å². The van der Waals surface area contributed by atoms with Crippen LogP contribution in [-0.4, -0.2) is 30.0 Å². The van der Waals surface area contributed by atoms with Crippen LogP contribution in [0.25, 0.3) is 0 Å². The van der Waals surface area contributed by atoms with Gasteiger partial charge in [0.25, 0.3) is 5.91 Å². The van der Waals surface area contributed by atoms with Crippen LogP contribution in [0.15, 0.2) is 18.2 Å². The van der Waals surface area contributed by atoms with Gasteiger partial charge in [-0.2, -0.15) is 11.8 Å². The van der Waals surface area contributed by atoms with Gasteiger partial charge in [0.1, 0.15) is 0 Å². The smallest absolute Gasteiger partial charge is 0.306 e. The average Bonchev–Trinajstić information content (AvgIpc) is 2.52. The van der Waals surface area contributed by atoms with Crippen molar-refractivity contribution in [2.45, 2.75) is 51.7 Å². The van der Waals surface area contributed by atoms with Crippen LogP contribution < -0.4 is 5.32 Å². The summed E-state index contributed by atoms with van der Waals surface area (Å²) in [7, 11) is 0.